The van der Waals surface area contributed by atoms with E-state index in [1.54, 1.807) is 30.5 Å². The van der Waals surface area contributed by atoms with Gasteiger partial charge in [-0.1, -0.05) is 12.8 Å². The van der Waals surface area contributed by atoms with E-state index in [-0.39, 0.29) is 11.6 Å². The minimum atomic E-state index is -0.419. The molecule has 1 aromatic carbocycles. The van der Waals surface area contributed by atoms with Crippen LogP contribution in [0.15, 0.2) is 36.7 Å². The lowest BCUT2D eigenvalue weighted by molar-refractivity contribution is 0.0600. The van der Waals surface area contributed by atoms with Gasteiger partial charge in [0, 0.05) is 18.8 Å². The molecule has 0 bridgehead atoms. The van der Waals surface area contributed by atoms with Crippen LogP contribution in [-0.4, -0.2) is 42.0 Å². The van der Waals surface area contributed by atoms with Crippen LogP contribution in [0.25, 0.3) is 0 Å². The first-order valence-electron chi connectivity index (χ1n) is 8.74. The summed E-state index contributed by atoms with van der Waals surface area (Å²) in [6.45, 7) is 1.96. The lowest BCUT2D eigenvalue weighted by atomic mass is 10.2. The van der Waals surface area contributed by atoms with Gasteiger partial charge in [0.2, 0.25) is 0 Å². The molecule has 2 aromatic rings. The SMILES string of the molecule is COC(=O)c1ccc(NC(=O)c2cnc(N3CCCCCC3)cn2)cc1. The number of hydrogen-bond donors (Lipinski definition) is 1. The van der Waals surface area contributed by atoms with Crippen molar-refractivity contribution in [3.8, 4) is 0 Å². The topological polar surface area (TPSA) is 84.4 Å². The Labute approximate surface area is 152 Å². The second-order valence-corrected chi connectivity index (χ2v) is 6.18. The Morgan fingerprint density at radius 2 is 1.69 bits per heavy atom. The smallest absolute Gasteiger partial charge is 0.337 e. The van der Waals surface area contributed by atoms with Crippen molar-refractivity contribution in [2.24, 2.45) is 0 Å². The molecule has 26 heavy (non-hydrogen) atoms. The fourth-order valence-corrected chi connectivity index (χ4v) is 2.90. The Morgan fingerprint density at radius 1 is 1.00 bits per heavy atom. The second-order valence-electron chi connectivity index (χ2n) is 6.18. The van der Waals surface area contributed by atoms with Crippen LogP contribution in [0.2, 0.25) is 0 Å². The van der Waals surface area contributed by atoms with Gasteiger partial charge >= 0.3 is 5.97 Å². The Balaban J connectivity index is 1.63. The maximum absolute atomic E-state index is 12.3. The molecular formula is C19H22N4O3. The van der Waals surface area contributed by atoms with Crippen molar-refractivity contribution in [2.45, 2.75) is 25.7 Å². The van der Waals surface area contributed by atoms with Crippen LogP contribution in [0.4, 0.5) is 11.5 Å². The van der Waals surface area contributed by atoms with Crippen molar-refractivity contribution in [3.05, 3.63) is 47.9 Å². The molecule has 1 aliphatic heterocycles. The molecule has 136 valence electrons. The number of anilines is 2. The van der Waals surface area contributed by atoms with E-state index in [9.17, 15) is 9.59 Å². The third-order valence-corrected chi connectivity index (χ3v) is 4.36. The molecule has 7 nitrogen and oxygen atoms in total. The second kappa shape index (κ2) is 8.42. The molecule has 1 amide bonds. The van der Waals surface area contributed by atoms with Crippen LogP contribution in [-0.2, 0) is 4.74 Å². The summed E-state index contributed by atoms with van der Waals surface area (Å²) in [5.74, 6) is 0.0504. The van der Waals surface area contributed by atoms with Gasteiger partial charge in [0.05, 0.1) is 25.1 Å². The fourth-order valence-electron chi connectivity index (χ4n) is 2.90. The number of nitrogens with one attached hydrogen (secondary N) is 1. The highest BCUT2D eigenvalue weighted by Crippen LogP contribution is 2.17. The van der Waals surface area contributed by atoms with Crippen molar-refractivity contribution in [3.63, 3.8) is 0 Å². The van der Waals surface area contributed by atoms with Crippen LogP contribution < -0.4 is 10.2 Å². The Bertz CT molecular complexity index is 751. The highest BCUT2D eigenvalue weighted by atomic mass is 16.5. The predicted octanol–water partition coefficient (Wildman–Crippen LogP) is 2.90. The van der Waals surface area contributed by atoms with E-state index < -0.39 is 5.97 Å². The quantitative estimate of drug-likeness (QED) is 0.850. The number of nitrogens with zero attached hydrogens (tertiary/aromatic N) is 3. The highest BCUT2D eigenvalue weighted by molar-refractivity contribution is 6.03. The van der Waals surface area contributed by atoms with Gasteiger partial charge in [-0.25, -0.2) is 14.8 Å². The molecule has 0 saturated carbocycles. The van der Waals surface area contributed by atoms with Gasteiger partial charge in [-0.2, -0.15) is 0 Å². The van der Waals surface area contributed by atoms with Crippen LogP contribution in [0.1, 0.15) is 46.5 Å². The molecule has 1 aliphatic rings. The molecule has 7 heteroatoms. The number of esters is 1. The summed E-state index contributed by atoms with van der Waals surface area (Å²) in [5, 5.41) is 2.74. The maximum atomic E-state index is 12.3. The molecule has 3 rings (SSSR count). The number of hydrogen-bond acceptors (Lipinski definition) is 6. The highest BCUT2D eigenvalue weighted by Gasteiger charge is 2.14. The first-order valence-corrected chi connectivity index (χ1v) is 8.74. The predicted molar refractivity (Wildman–Crippen MR) is 98.4 cm³/mol. The molecule has 2 heterocycles. The standard InChI is InChI=1S/C19H22N4O3/c1-26-19(25)14-6-8-15(9-7-14)22-18(24)16-12-21-17(13-20-16)23-10-4-2-3-5-11-23/h6-9,12-13H,2-5,10-11H2,1H3,(H,22,24). The summed E-state index contributed by atoms with van der Waals surface area (Å²) >= 11 is 0. The number of carbonyl (C=O) groups is 2. The van der Waals surface area contributed by atoms with Gasteiger partial charge in [0.15, 0.2) is 0 Å². The molecule has 0 atom stereocenters. The number of ether oxygens (including phenoxy) is 1. The van der Waals surface area contributed by atoms with Gasteiger partial charge in [0.1, 0.15) is 11.5 Å². The Hall–Kier alpha value is -2.96. The van der Waals surface area contributed by atoms with E-state index >= 15 is 0 Å². The van der Waals surface area contributed by atoms with E-state index in [2.05, 4.69) is 24.9 Å². The lowest BCUT2D eigenvalue weighted by Gasteiger charge is -2.20. The number of benzene rings is 1. The fraction of sp³-hybridized carbons (Fsp3) is 0.368. The summed E-state index contributed by atoms with van der Waals surface area (Å²) in [6.07, 6.45) is 7.97. The maximum Gasteiger partial charge on any atom is 0.337 e. The summed E-state index contributed by atoms with van der Waals surface area (Å²) in [4.78, 5) is 34.6. The summed E-state index contributed by atoms with van der Waals surface area (Å²) < 4.78 is 4.65. The lowest BCUT2D eigenvalue weighted by Crippen LogP contribution is -2.25. The van der Waals surface area contributed by atoms with Crippen molar-refractivity contribution in [2.75, 3.05) is 30.4 Å². The average Bonchev–Trinajstić information content (AvgIpc) is 2.97. The number of rotatable bonds is 4. The van der Waals surface area contributed by atoms with Crippen molar-refractivity contribution >= 4 is 23.4 Å². The number of amides is 1. The van der Waals surface area contributed by atoms with Crippen molar-refractivity contribution in [1.82, 2.24) is 9.97 Å². The summed E-state index contributed by atoms with van der Waals surface area (Å²) in [6, 6.07) is 6.47. The number of carbonyl (C=O) groups excluding carboxylic acids is 2. The summed E-state index contributed by atoms with van der Waals surface area (Å²) in [7, 11) is 1.33. The van der Waals surface area contributed by atoms with Crippen LogP contribution in [0.5, 0.6) is 0 Å². The number of aromatic nitrogens is 2. The van der Waals surface area contributed by atoms with Crippen molar-refractivity contribution < 1.29 is 14.3 Å². The molecule has 1 fully saturated rings. The van der Waals surface area contributed by atoms with Gasteiger partial charge in [-0.05, 0) is 37.1 Å². The summed E-state index contributed by atoms with van der Waals surface area (Å²) in [5.41, 5.74) is 1.24. The van der Waals surface area contributed by atoms with E-state index in [0.29, 0.717) is 11.3 Å². The van der Waals surface area contributed by atoms with Crippen molar-refractivity contribution in [1.29, 1.82) is 0 Å². The minimum absolute atomic E-state index is 0.251. The molecule has 0 aliphatic carbocycles. The third kappa shape index (κ3) is 4.36. The molecule has 0 unspecified atom stereocenters. The zero-order valence-electron chi connectivity index (χ0n) is 14.8. The van der Waals surface area contributed by atoms with Crippen LogP contribution in [0.3, 0.4) is 0 Å². The molecule has 0 spiro atoms. The first kappa shape index (κ1) is 17.8. The molecule has 1 N–H and O–H groups in total. The average molecular weight is 354 g/mol. The molecule has 1 saturated heterocycles. The first-order chi connectivity index (χ1) is 12.7. The minimum Gasteiger partial charge on any atom is -0.465 e. The van der Waals surface area contributed by atoms with E-state index in [0.717, 1.165) is 31.7 Å². The van der Waals surface area contributed by atoms with Gasteiger partial charge < -0.3 is 15.0 Å². The molecular weight excluding hydrogens is 332 g/mol. The van der Waals surface area contributed by atoms with Gasteiger partial charge in [0.25, 0.3) is 5.91 Å². The zero-order chi connectivity index (χ0) is 18.4. The van der Waals surface area contributed by atoms with Crippen LogP contribution >= 0.6 is 0 Å². The van der Waals surface area contributed by atoms with E-state index in [1.165, 1.54) is 26.1 Å². The monoisotopic (exact) mass is 354 g/mol. The van der Waals surface area contributed by atoms with E-state index in [1.807, 2.05) is 0 Å². The Kier molecular flexibility index (Phi) is 5.78. The Morgan fingerprint density at radius 3 is 2.27 bits per heavy atom. The molecule has 0 radical (unpaired) electrons. The largest absolute Gasteiger partial charge is 0.465 e. The number of methoxy groups -OCH3 is 1. The normalized spacial score (nSPS) is 14.4. The van der Waals surface area contributed by atoms with Crippen LogP contribution in [0, 0.1) is 0 Å². The third-order valence-electron chi connectivity index (χ3n) is 4.36. The zero-order valence-corrected chi connectivity index (χ0v) is 14.8. The van der Waals surface area contributed by atoms with E-state index in [4.69, 9.17) is 0 Å². The van der Waals surface area contributed by atoms with Gasteiger partial charge in [-0.3, -0.25) is 4.79 Å². The van der Waals surface area contributed by atoms with Gasteiger partial charge in [-0.15, -0.1) is 0 Å². The molecule has 1 aromatic heterocycles.